The van der Waals surface area contributed by atoms with E-state index in [2.05, 4.69) is 9.82 Å². The number of rotatable bonds is 3. The average Bonchev–Trinajstić information content (AvgIpc) is 2.29. The van der Waals surface area contributed by atoms with Crippen LogP contribution in [0.15, 0.2) is 6.33 Å². The first-order chi connectivity index (χ1) is 5.25. The molecule has 0 atom stereocenters. The number of hydrogen-bond acceptors (Lipinski definition) is 3. The molecular weight excluding hydrogens is 166 g/mol. The van der Waals surface area contributed by atoms with Crippen molar-refractivity contribution in [1.29, 1.82) is 0 Å². The fourth-order valence-corrected chi connectivity index (χ4v) is 1.13. The van der Waals surface area contributed by atoms with Gasteiger partial charge in [-0.25, -0.2) is 10.9 Å². The number of nitrogens with zero attached hydrogens (tertiary/aromatic N) is 2. The van der Waals surface area contributed by atoms with Crippen LogP contribution in [0, 0.1) is 0 Å². The second kappa shape index (κ2) is 3.71. The first-order valence-corrected chi connectivity index (χ1v) is 3.61. The predicted molar refractivity (Wildman–Crippen MR) is 42.1 cm³/mol. The molecule has 1 heterocycles. The third-order valence-corrected chi connectivity index (χ3v) is 1.78. The van der Waals surface area contributed by atoms with Crippen LogP contribution in [0.2, 0.25) is 5.15 Å². The second-order valence-electron chi connectivity index (χ2n) is 2.21. The fraction of sp³-hybridized carbons (Fsp3) is 0.500. The van der Waals surface area contributed by atoms with Crippen molar-refractivity contribution in [1.82, 2.24) is 9.55 Å². The molecule has 1 aromatic heterocycles. The molecule has 0 aliphatic rings. The number of nitrogens with two attached hydrogens (primary N) is 1. The molecule has 62 valence electrons. The zero-order valence-corrected chi connectivity index (χ0v) is 7.01. The molecular formula is C6H10ClN3O. The number of hydrogen-bond donors (Lipinski definition) is 1. The molecule has 5 heteroatoms. The Morgan fingerprint density at radius 2 is 2.55 bits per heavy atom. The van der Waals surface area contributed by atoms with Crippen molar-refractivity contribution in [2.24, 2.45) is 12.9 Å². The minimum atomic E-state index is 0.458. The van der Waals surface area contributed by atoms with Gasteiger partial charge in [-0.1, -0.05) is 11.6 Å². The first-order valence-electron chi connectivity index (χ1n) is 3.23. The molecule has 0 saturated carbocycles. The molecule has 0 saturated heterocycles. The van der Waals surface area contributed by atoms with Crippen LogP contribution in [-0.4, -0.2) is 16.2 Å². The Hall–Kier alpha value is -0.580. The standard InChI is InChI=1S/C6H10ClN3O/c1-10-4-9-6(7)5(10)2-3-11-8/h4H,2-3,8H2,1H3. The first kappa shape index (κ1) is 8.52. The van der Waals surface area contributed by atoms with Crippen LogP contribution in [0.4, 0.5) is 0 Å². The number of aromatic nitrogens is 2. The predicted octanol–water partition coefficient (Wildman–Crippen LogP) is 0.506. The van der Waals surface area contributed by atoms with E-state index in [0.29, 0.717) is 18.2 Å². The minimum Gasteiger partial charge on any atom is -0.336 e. The summed E-state index contributed by atoms with van der Waals surface area (Å²) in [5, 5.41) is 0.518. The van der Waals surface area contributed by atoms with Crippen LogP contribution >= 0.6 is 11.6 Å². The third kappa shape index (κ3) is 1.92. The van der Waals surface area contributed by atoms with Crippen LogP contribution < -0.4 is 5.90 Å². The van der Waals surface area contributed by atoms with Crippen molar-refractivity contribution in [3.05, 3.63) is 17.2 Å². The summed E-state index contributed by atoms with van der Waals surface area (Å²) in [4.78, 5) is 8.33. The molecule has 11 heavy (non-hydrogen) atoms. The highest BCUT2D eigenvalue weighted by Crippen LogP contribution is 2.12. The van der Waals surface area contributed by atoms with Gasteiger partial charge in [0.05, 0.1) is 18.6 Å². The molecule has 2 N–H and O–H groups in total. The summed E-state index contributed by atoms with van der Waals surface area (Å²) >= 11 is 5.75. The van der Waals surface area contributed by atoms with Crippen LogP contribution in [0.25, 0.3) is 0 Å². The molecule has 0 bridgehead atoms. The van der Waals surface area contributed by atoms with Gasteiger partial charge < -0.3 is 9.40 Å². The van der Waals surface area contributed by atoms with Gasteiger partial charge in [0.2, 0.25) is 0 Å². The van der Waals surface area contributed by atoms with Gasteiger partial charge in [0, 0.05) is 13.5 Å². The van der Waals surface area contributed by atoms with Crippen LogP contribution in [0.5, 0.6) is 0 Å². The summed E-state index contributed by atoms with van der Waals surface area (Å²) in [6.07, 6.45) is 2.35. The van der Waals surface area contributed by atoms with Crippen molar-refractivity contribution < 1.29 is 4.84 Å². The van der Waals surface area contributed by atoms with E-state index >= 15 is 0 Å². The van der Waals surface area contributed by atoms with Gasteiger partial charge in [0.1, 0.15) is 5.15 Å². The van der Waals surface area contributed by atoms with E-state index < -0.39 is 0 Å². The monoisotopic (exact) mass is 175 g/mol. The van der Waals surface area contributed by atoms with Crippen LogP contribution in [0.3, 0.4) is 0 Å². The Morgan fingerprint density at radius 3 is 3.00 bits per heavy atom. The highest BCUT2D eigenvalue weighted by atomic mass is 35.5. The summed E-state index contributed by atoms with van der Waals surface area (Å²) < 4.78 is 1.85. The summed E-state index contributed by atoms with van der Waals surface area (Å²) in [6.45, 7) is 0.458. The maximum Gasteiger partial charge on any atom is 0.150 e. The lowest BCUT2D eigenvalue weighted by Crippen LogP contribution is -2.06. The third-order valence-electron chi connectivity index (χ3n) is 1.46. The Labute approximate surface area is 69.9 Å². The van der Waals surface area contributed by atoms with Crippen molar-refractivity contribution in [2.45, 2.75) is 6.42 Å². The van der Waals surface area contributed by atoms with E-state index in [1.807, 2.05) is 11.6 Å². The molecule has 0 unspecified atom stereocenters. The lowest BCUT2D eigenvalue weighted by atomic mass is 10.3. The highest BCUT2D eigenvalue weighted by Gasteiger charge is 2.04. The van der Waals surface area contributed by atoms with Crippen LogP contribution in [0.1, 0.15) is 5.69 Å². The molecule has 0 amide bonds. The van der Waals surface area contributed by atoms with Crippen molar-refractivity contribution >= 4 is 11.6 Å². The molecule has 1 aromatic rings. The number of aryl methyl sites for hydroxylation is 1. The largest absolute Gasteiger partial charge is 0.336 e. The summed E-state index contributed by atoms with van der Waals surface area (Å²) in [7, 11) is 1.88. The van der Waals surface area contributed by atoms with Gasteiger partial charge >= 0.3 is 0 Å². The number of imidazole rings is 1. The Balaban J connectivity index is 2.67. The van der Waals surface area contributed by atoms with E-state index in [-0.39, 0.29) is 0 Å². The maximum atomic E-state index is 5.75. The van der Waals surface area contributed by atoms with Gasteiger partial charge in [0.25, 0.3) is 0 Å². The quantitative estimate of drug-likeness (QED) is 0.681. The van der Waals surface area contributed by atoms with Gasteiger partial charge in [-0.05, 0) is 0 Å². The minimum absolute atomic E-state index is 0.458. The Morgan fingerprint density at radius 1 is 1.82 bits per heavy atom. The molecule has 0 radical (unpaired) electrons. The Bertz CT molecular complexity index is 216. The van der Waals surface area contributed by atoms with E-state index in [1.165, 1.54) is 0 Å². The average molecular weight is 176 g/mol. The lowest BCUT2D eigenvalue weighted by molar-refractivity contribution is 0.140. The maximum absolute atomic E-state index is 5.75. The SMILES string of the molecule is Cn1cnc(Cl)c1CCON. The topological polar surface area (TPSA) is 53.1 Å². The van der Waals surface area contributed by atoms with Crippen LogP contribution in [-0.2, 0) is 18.3 Å². The summed E-state index contributed by atoms with van der Waals surface area (Å²) in [6, 6.07) is 0. The molecule has 0 aliphatic heterocycles. The van der Waals surface area contributed by atoms with Crippen molar-refractivity contribution in [3.8, 4) is 0 Å². The smallest absolute Gasteiger partial charge is 0.150 e. The Kier molecular flexibility index (Phi) is 2.87. The summed E-state index contributed by atoms with van der Waals surface area (Å²) in [5.74, 6) is 4.87. The van der Waals surface area contributed by atoms with Gasteiger partial charge in [-0.3, -0.25) is 0 Å². The van der Waals surface area contributed by atoms with E-state index in [1.54, 1.807) is 6.33 Å². The molecule has 0 aliphatic carbocycles. The van der Waals surface area contributed by atoms with Crippen molar-refractivity contribution in [2.75, 3.05) is 6.61 Å². The van der Waals surface area contributed by atoms with Crippen molar-refractivity contribution in [3.63, 3.8) is 0 Å². The molecule has 1 rings (SSSR count). The molecule has 4 nitrogen and oxygen atoms in total. The van der Waals surface area contributed by atoms with E-state index in [4.69, 9.17) is 17.5 Å². The van der Waals surface area contributed by atoms with Gasteiger partial charge in [-0.2, -0.15) is 0 Å². The van der Waals surface area contributed by atoms with Gasteiger partial charge in [-0.15, -0.1) is 0 Å². The van der Waals surface area contributed by atoms with E-state index in [9.17, 15) is 0 Å². The number of halogens is 1. The van der Waals surface area contributed by atoms with Gasteiger partial charge in [0.15, 0.2) is 0 Å². The molecule has 0 fully saturated rings. The summed E-state index contributed by atoms with van der Waals surface area (Å²) in [5.41, 5.74) is 0.942. The lowest BCUT2D eigenvalue weighted by Gasteiger charge is -2.00. The second-order valence-corrected chi connectivity index (χ2v) is 2.57. The zero-order chi connectivity index (χ0) is 8.27. The highest BCUT2D eigenvalue weighted by molar-refractivity contribution is 6.30. The normalized spacial score (nSPS) is 10.5. The zero-order valence-electron chi connectivity index (χ0n) is 6.25. The fourth-order valence-electron chi connectivity index (χ4n) is 0.862. The van der Waals surface area contributed by atoms with E-state index in [0.717, 1.165) is 5.69 Å². The molecule has 0 aromatic carbocycles. The molecule has 0 spiro atoms.